The molecule has 3 rings (SSSR count). The van der Waals surface area contributed by atoms with Crippen LogP contribution in [-0.2, 0) is 6.54 Å². The Morgan fingerprint density at radius 1 is 1.15 bits per heavy atom. The van der Waals surface area contributed by atoms with Crippen molar-refractivity contribution in [2.45, 2.75) is 20.4 Å². The average Bonchev–Trinajstić information content (AvgIpc) is 3.09. The second-order valence-electron chi connectivity index (χ2n) is 4.68. The molecular weight excluding hydrogens is 268 g/mol. The highest BCUT2D eigenvalue weighted by molar-refractivity contribution is 7.13. The Morgan fingerprint density at radius 2 is 2.00 bits per heavy atom. The topological polar surface area (TPSA) is 38.1 Å². The van der Waals surface area contributed by atoms with Gasteiger partial charge in [-0.05, 0) is 31.4 Å². The van der Waals surface area contributed by atoms with Crippen molar-refractivity contribution < 1.29 is 4.52 Å². The van der Waals surface area contributed by atoms with Crippen molar-refractivity contribution in [3.63, 3.8) is 0 Å². The summed E-state index contributed by atoms with van der Waals surface area (Å²) in [5.74, 6) is 0.878. The molecule has 1 aromatic carbocycles. The molecule has 4 heteroatoms. The zero-order valence-corrected chi connectivity index (χ0v) is 12.3. The van der Waals surface area contributed by atoms with Crippen LogP contribution in [0.25, 0.3) is 10.4 Å². The molecule has 0 radical (unpaired) electrons. The number of hydrogen-bond donors (Lipinski definition) is 1. The molecule has 3 nitrogen and oxygen atoms in total. The SMILES string of the molecule is Cc1noc(C)c1CNc1ccccc1-c1cccs1. The number of thiophene rings is 1. The molecule has 0 saturated heterocycles. The van der Waals surface area contributed by atoms with Crippen molar-refractivity contribution in [3.05, 3.63) is 58.8 Å². The van der Waals surface area contributed by atoms with Gasteiger partial charge in [-0.2, -0.15) is 0 Å². The van der Waals surface area contributed by atoms with E-state index in [1.54, 1.807) is 11.3 Å². The fourth-order valence-electron chi connectivity index (χ4n) is 2.22. The van der Waals surface area contributed by atoms with Crippen LogP contribution in [0.5, 0.6) is 0 Å². The minimum atomic E-state index is 0.726. The monoisotopic (exact) mass is 284 g/mol. The van der Waals surface area contributed by atoms with Crippen molar-refractivity contribution in [3.8, 4) is 10.4 Å². The molecule has 0 amide bonds. The second-order valence-corrected chi connectivity index (χ2v) is 5.63. The first-order chi connectivity index (χ1) is 9.75. The molecule has 0 unspecified atom stereocenters. The molecular formula is C16H16N2OS. The number of nitrogens with one attached hydrogen (secondary N) is 1. The van der Waals surface area contributed by atoms with Gasteiger partial charge in [-0.1, -0.05) is 29.4 Å². The van der Waals surface area contributed by atoms with Crippen LogP contribution in [0.2, 0.25) is 0 Å². The zero-order chi connectivity index (χ0) is 13.9. The van der Waals surface area contributed by atoms with Gasteiger partial charge in [0.25, 0.3) is 0 Å². The van der Waals surface area contributed by atoms with E-state index in [2.05, 4.69) is 46.2 Å². The Morgan fingerprint density at radius 3 is 2.70 bits per heavy atom. The van der Waals surface area contributed by atoms with Gasteiger partial charge in [0.1, 0.15) is 5.76 Å². The van der Waals surface area contributed by atoms with Gasteiger partial charge in [-0.15, -0.1) is 11.3 Å². The maximum atomic E-state index is 5.20. The summed E-state index contributed by atoms with van der Waals surface area (Å²) in [5.41, 5.74) is 4.44. The first kappa shape index (κ1) is 12.9. The highest BCUT2D eigenvalue weighted by Crippen LogP contribution is 2.31. The lowest BCUT2D eigenvalue weighted by Crippen LogP contribution is -2.02. The lowest BCUT2D eigenvalue weighted by Gasteiger charge is -2.10. The normalized spacial score (nSPS) is 10.7. The largest absolute Gasteiger partial charge is 0.380 e. The summed E-state index contributed by atoms with van der Waals surface area (Å²) in [4.78, 5) is 1.27. The van der Waals surface area contributed by atoms with Gasteiger partial charge in [-0.25, -0.2) is 0 Å². The van der Waals surface area contributed by atoms with Gasteiger partial charge in [0.15, 0.2) is 0 Å². The summed E-state index contributed by atoms with van der Waals surface area (Å²) < 4.78 is 5.20. The fourth-order valence-corrected chi connectivity index (χ4v) is 2.99. The molecule has 2 heterocycles. The van der Waals surface area contributed by atoms with Crippen molar-refractivity contribution in [2.75, 3.05) is 5.32 Å². The lowest BCUT2D eigenvalue weighted by atomic mass is 10.1. The standard InChI is InChI=1S/C16H16N2OS/c1-11-14(12(2)19-18-11)10-17-15-7-4-3-6-13(15)16-8-5-9-20-16/h3-9,17H,10H2,1-2H3. The molecule has 102 valence electrons. The Kier molecular flexibility index (Phi) is 3.56. The van der Waals surface area contributed by atoms with E-state index in [0.717, 1.165) is 29.2 Å². The molecule has 3 aromatic rings. The third-order valence-electron chi connectivity index (χ3n) is 3.35. The Balaban J connectivity index is 1.85. The lowest BCUT2D eigenvalue weighted by molar-refractivity contribution is 0.392. The summed E-state index contributed by atoms with van der Waals surface area (Å²) in [5, 5.41) is 9.58. The molecule has 0 atom stereocenters. The van der Waals surface area contributed by atoms with E-state index in [1.165, 1.54) is 10.4 Å². The highest BCUT2D eigenvalue weighted by Gasteiger charge is 2.10. The smallest absolute Gasteiger partial charge is 0.138 e. The molecule has 0 saturated carbocycles. The minimum Gasteiger partial charge on any atom is -0.380 e. The molecule has 20 heavy (non-hydrogen) atoms. The van der Waals surface area contributed by atoms with Gasteiger partial charge in [-0.3, -0.25) is 0 Å². The van der Waals surface area contributed by atoms with Gasteiger partial charge < -0.3 is 9.84 Å². The summed E-state index contributed by atoms with van der Waals surface area (Å²) in [7, 11) is 0. The maximum absolute atomic E-state index is 5.20. The molecule has 0 bridgehead atoms. The van der Waals surface area contributed by atoms with Gasteiger partial charge in [0, 0.05) is 28.2 Å². The van der Waals surface area contributed by atoms with Gasteiger partial charge >= 0.3 is 0 Å². The minimum absolute atomic E-state index is 0.726. The first-order valence-corrected chi connectivity index (χ1v) is 7.42. The highest BCUT2D eigenvalue weighted by atomic mass is 32.1. The fraction of sp³-hybridized carbons (Fsp3) is 0.188. The predicted octanol–water partition coefficient (Wildman–Crippen LogP) is 4.63. The van der Waals surface area contributed by atoms with Gasteiger partial charge in [0.2, 0.25) is 0 Å². The number of nitrogens with zero attached hydrogens (tertiary/aromatic N) is 1. The number of anilines is 1. The summed E-state index contributed by atoms with van der Waals surface area (Å²) in [6.45, 7) is 4.64. The first-order valence-electron chi connectivity index (χ1n) is 6.54. The third-order valence-corrected chi connectivity index (χ3v) is 4.25. The molecule has 0 aliphatic heterocycles. The summed E-state index contributed by atoms with van der Waals surface area (Å²) in [6.07, 6.45) is 0. The van der Waals surface area contributed by atoms with Crippen LogP contribution in [0.15, 0.2) is 46.3 Å². The van der Waals surface area contributed by atoms with E-state index in [1.807, 2.05) is 19.9 Å². The third kappa shape index (κ3) is 2.47. The Hall–Kier alpha value is -2.07. The van der Waals surface area contributed by atoms with Crippen LogP contribution in [0, 0.1) is 13.8 Å². The quantitative estimate of drug-likeness (QED) is 0.759. The average molecular weight is 284 g/mol. The van der Waals surface area contributed by atoms with E-state index in [9.17, 15) is 0 Å². The summed E-state index contributed by atoms with van der Waals surface area (Å²) in [6, 6.07) is 12.6. The number of para-hydroxylation sites is 1. The van der Waals surface area contributed by atoms with Crippen LogP contribution in [0.3, 0.4) is 0 Å². The van der Waals surface area contributed by atoms with E-state index in [4.69, 9.17) is 4.52 Å². The van der Waals surface area contributed by atoms with E-state index < -0.39 is 0 Å². The second kappa shape index (κ2) is 5.51. The zero-order valence-electron chi connectivity index (χ0n) is 11.5. The molecule has 2 aromatic heterocycles. The number of benzene rings is 1. The molecule has 0 aliphatic carbocycles. The van der Waals surface area contributed by atoms with Gasteiger partial charge in [0.05, 0.1) is 5.69 Å². The molecule has 0 aliphatic rings. The number of aryl methyl sites for hydroxylation is 2. The number of hydrogen-bond acceptors (Lipinski definition) is 4. The number of rotatable bonds is 4. The van der Waals surface area contributed by atoms with Crippen molar-refractivity contribution in [2.24, 2.45) is 0 Å². The summed E-state index contributed by atoms with van der Waals surface area (Å²) >= 11 is 1.75. The molecule has 0 fully saturated rings. The van der Waals surface area contributed by atoms with Crippen molar-refractivity contribution in [1.82, 2.24) is 5.16 Å². The van der Waals surface area contributed by atoms with Crippen LogP contribution in [-0.4, -0.2) is 5.16 Å². The van der Waals surface area contributed by atoms with Crippen LogP contribution in [0.4, 0.5) is 5.69 Å². The number of aromatic nitrogens is 1. The maximum Gasteiger partial charge on any atom is 0.138 e. The molecule has 1 N–H and O–H groups in total. The van der Waals surface area contributed by atoms with E-state index in [-0.39, 0.29) is 0 Å². The van der Waals surface area contributed by atoms with E-state index in [0.29, 0.717) is 0 Å². The Bertz CT molecular complexity index is 682. The van der Waals surface area contributed by atoms with Crippen LogP contribution >= 0.6 is 11.3 Å². The van der Waals surface area contributed by atoms with Crippen molar-refractivity contribution >= 4 is 17.0 Å². The van der Waals surface area contributed by atoms with E-state index >= 15 is 0 Å². The molecule has 0 spiro atoms. The van der Waals surface area contributed by atoms with Crippen molar-refractivity contribution in [1.29, 1.82) is 0 Å². The Labute approximate surface area is 122 Å². The predicted molar refractivity (Wildman–Crippen MR) is 83.1 cm³/mol. The van der Waals surface area contributed by atoms with Crippen LogP contribution in [0.1, 0.15) is 17.0 Å². The van der Waals surface area contributed by atoms with Crippen LogP contribution < -0.4 is 5.32 Å².